The molecule has 0 spiro atoms. The van der Waals surface area contributed by atoms with Gasteiger partial charge in [0.1, 0.15) is 12.4 Å². The lowest BCUT2D eigenvalue weighted by Crippen LogP contribution is -2.26. The average molecular weight is 302 g/mol. The summed E-state index contributed by atoms with van der Waals surface area (Å²) in [6.45, 7) is 0.637. The Morgan fingerprint density at radius 3 is 2.90 bits per heavy atom. The molecule has 9 nitrogen and oxygen atoms in total. The molecule has 0 aromatic carbocycles. The number of nitrogens with one attached hydrogen (secondary N) is 1. The van der Waals surface area contributed by atoms with E-state index in [4.69, 9.17) is 5.11 Å². The second kappa shape index (κ2) is 8.15. The second-order valence-electron chi connectivity index (χ2n) is 3.76. The van der Waals surface area contributed by atoms with Crippen LogP contribution in [-0.2, 0) is 16.1 Å². The lowest BCUT2D eigenvalue weighted by molar-refractivity contribution is -0.385. The zero-order chi connectivity index (χ0) is 15.0. The fourth-order valence-corrected chi connectivity index (χ4v) is 1.86. The monoisotopic (exact) mass is 302 g/mol. The maximum absolute atomic E-state index is 11.4. The minimum Gasteiger partial charge on any atom is -0.481 e. The minimum absolute atomic E-state index is 0.00677. The van der Waals surface area contributed by atoms with Crippen LogP contribution in [0.3, 0.4) is 0 Å². The van der Waals surface area contributed by atoms with E-state index in [1.807, 2.05) is 0 Å². The molecule has 0 atom stereocenters. The predicted molar refractivity (Wildman–Crippen MR) is 71.5 cm³/mol. The van der Waals surface area contributed by atoms with Gasteiger partial charge in [-0.2, -0.15) is 5.10 Å². The number of nitrogens with zero attached hydrogens (tertiary/aromatic N) is 3. The molecule has 0 saturated heterocycles. The van der Waals surface area contributed by atoms with Crippen molar-refractivity contribution < 1.29 is 19.6 Å². The zero-order valence-electron chi connectivity index (χ0n) is 10.5. The summed E-state index contributed by atoms with van der Waals surface area (Å²) in [5.41, 5.74) is -0.115. The van der Waals surface area contributed by atoms with Crippen LogP contribution in [-0.4, -0.2) is 49.7 Å². The molecule has 0 bridgehead atoms. The topological polar surface area (TPSA) is 127 Å². The highest BCUT2D eigenvalue weighted by molar-refractivity contribution is 7.99. The molecular weight excluding hydrogens is 288 g/mol. The van der Waals surface area contributed by atoms with Crippen LogP contribution in [0.1, 0.15) is 6.42 Å². The Hall–Kier alpha value is -2.10. The molecule has 1 aromatic rings. The molecule has 0 unspecified atom stereocenters. The molecular formula is C10H14N4O5S. The summed E-state index contributed by atoms with van der Waals surface area (Å²) in [5, 5.41) is 25.2. The highest BCUT2D eigenvalue weighted by atomic mass is 32.2. The molecule has 20 heavy (non-hydrogen) atoms. The van der Waals surface area contributed by atoms with Crippen LogP contribution < -0.4 is 5.32 Å². The van der Waals surface area contributed by atoms with Crippen molar-refractivity contribution in [3.05, 3.63) is 22.5 Å². The number of rotatable bonds is 9. The van der Waals surface area contributed by atoms with E-state index in [1.165, 1.54) is 22.6 Å². The molecule has 0 aliphatic rings. The first-order valence-electron chi connectivity index (χ1n) is 5.72. The van der Waals surface area contributed by atoms with Gasteiger partial charge in [0.15, 0.2) is 0 Å². The molecule has 0 fully saturated rings. The van der Waals surface area contributed by atoms with Crippen LogP contribution in [0.2, 0.25) is 0 Å². The number of thioether (sulfide) groups is 1. The van der Waals surface area contributed by atoms with Gasteiger partial charge in [0.2, 0.25) is 5.91 Å². The van der Waals surface area contributed by atoms with E-state index in [0.717, 1.165) is 6.20 Å². The SMILES string of the molecule is O=C(O)CSCCNC(=O)CCn1cc([N+](=O)[O-])cn1. The summed E-state index contributed by atoms with van der Waals surface area (Å²) in [7, 11) is 0. The first-order valence-corrected chi connectivity index (χ1v) is 6.87. The van der Waals surface area contributed by atoms with Crippen LogP contribution >= 0.6 is 11.8 Å². The van der Waals surface area contributed by atoms with Gasteiger partial charge in [0, 0.05) is 25.3 Å². The third-order valence-corrected chi connectivity index (χ3v) is 3.14. The average Bonchev–Trinajstić information content (AvgIpc) is 2.84. The number of aliphatic carboxylic acids is 1. The van der Waals surface area contributed by atoms with E-state index in [-0.39, 0.29) is 30.3 Å². The van der Waals surface area contributed by atoms with Crippen molar-refractivity contribution in [2.45, 2.75) is 13.0 Å². The van der Waals surface area contributed by atoms with E-state index in [0.29, 0.717) is 12.3 Å². The normalized spacial score (nSPS) is 10.2. The predicted octanol–water partition coefficient (Wildman–Crippen LogP) is 0.115. The number of hydrogen-bond donors (Lipinski definition) is 2. The largest absolute Gasteiger partial charge is 0.481 e. The van der Waals surface area contributed by atoms with Gasteiger partial charge in [-0.05, 0) is 0 Å². The number of amides is 1. The Kier molecular flexibility index (Phi) is 6.50. The number of hydrogen-bond acceptors (Lipinski definition) is 6. The Labute approximate surface area is 118 Å². The Bertz CT molecular complexity index is 490. The molecule has 1 heterocycles. The standard InChI is InChI=1S/C10H14N4O5S/c15-9(11-2-4-20-7-10(16)17)1-3-13-6-8(5-12-13)14(18)19/h5-6H,1-4,7H2,(H,11,15)(H,16,17). The summed E-state index contributed by atoms with van der Waals surface area (Å²) in [6, 6.07) is 0. The van der Waals surface area contributed by atoms with Crippen LogP contribution in [0.5, 0.6) is 0 Å². The van der Waals surface area contributed by atoms with Gasteiger partial charge in [-0.25, -0.2) is 0 Å². The van der Waals surface area contributed by atoms with Crippen molar-refractivity contribution in [1.29, 1.82) is 0 Å². The number of carbonyl (C=O) groups is 2. The Morgan fingerprint density at radius 2 is 2.30 bits per heavy atom. The molecule has 10 heteroatoms. The molecule has 1 aromatic heterocycles. The lowest BCUT2D eigenvalue weighted by Gasteiger charge is -2.04. The molecule has 0 radical (unpaired) electrons. The third kappa shape index (κ3) is 6.18. The van der Waals surface area contributed by atoms with E-state index in [9.17, 15) is 19.7 Å². The number of aryl methyl sites for hydroxylation is 1. The van der Waals surface area contributed by atoms with Gasteiger partial charge in [0.05, 0.1) is 10.7 Å². The molecule has 0 aliphatic heterocycles. The van der Waals surface area contributed by atoms with Gasteiger partial charge in [-0.3, -0.25) is 24.4 Å². The van der Waals surface area contributed by atoms with Crippen molar-refractivity contribution in [2.24, 2.45) is 0 Å². The summed E-state index contributed by atoms with van der Waals surface area (Å²) in [6.07, 6.45) is 2.54. The molecule has 110 valence electrons. The number of carboxylic acid groups (broad SMARTS) is 1. The maximum atomic E-state index is 11.4. The van der Waals surface area contributed by atoms with E-state index < -0.39 is 10.9 Å². The van der Waals surface area contributed by atoms with Crippen molar-refractivity contribution in [1.82, 2.24) is 15.1 Å². The van der Waals surface area contributed by atoms with Crippen molar-refractivity contribution in [2.75, 3.05) is 18.1 Å². The summed E-state index contributed by atoms with van der Waals surface area (Å²) in [5.74, 6) is -0.571. The minimum atomic E-state index is -0.887. The van der Waals surface area contributed by atoms with Gasteiger partial charge in [0.25, 0.3) is 0 Å². The van der Waals surface area contributed by atoms with Crippen LogP contribution in [0, 0.1) is 10.1 Å². The van der Waals surface area contributed by atoms with Gasteiger partial charge in [-0.1, -0.05) is 0 Å². The van der Waals surface area contributed by atoms with Crippen LogP contribution in [0.15, 0.2) is 12.4 Å². The van der Waals surface area contributed by atoms with E-state index in [1.54, 1.807) is 0 Å². The first-order chi connectivity index (χ1) is 9.49. The molecule has 1 amide bonds. The molecule has 0 aliphatic carbocycles. The number of nitro groups is 1. The van der Waals surface area contributed by atoms with Crippen LogP contribution in [0.4, 0.5) is 5.69 Å². The number of aromatic nitrogens is 2. The fourth-order valence-electron chi connectivity index (χ4n) is 1.30. The van der Waals surface area contributed by atoms with E-state index in [2.05, 4.69) is 10.4 Å². The van der Waals surface area contributed by atoms with E-state index >= 15 is 0 Å². The molecule has 0 saturated carbocycles. The van der Waals surface area contributed by atoms with Gasteiger partial charge in [-0.15, -0.1) is 11.8 Å². The third-order valence-electron chi connectivity index (χ3n) is 2.19. The highest BCUT2D eigenvalue weighted by Crippen LogP contribution is 2.07. The second-order valence-corrected chi connectivity index (χ2v) is 4.87. The van der Waals surface area contributed by atoms with Crippen molar-refractivity contribution in [3.63, 3.8) is 0 Å². The fraction of sp³-hybridized carbons (Fsp3) is 0.500. The quantitative estimate of drug-likeness (QED) is 0.376. The number of carbonyl (C=O) groups excluding carboxylic acids is 1. The Morgan fingerprint density at radius 1 is 1.55 bits per heavy atom. The van der Waals surface area contributed by atoms with Crippen molar-refractivity contribution in [3.8, 4) is 0 Å². The summed E-state index contributed by atoms with van der Waals surface area (Å²) < 4.78 is 1.33. The smallest absolute Gasteiger partial charge is 0.313 e. The first kappa shape index (κ1) is 16.0. The van der Waals surface area contributed by atoms with Crippen molar-refractivity contribution >= 4 is 29.3 Å². The van der Waals surface area contributed by atoms with Gasteiger partial charge >= 0.3 is 11.7 Å². The Balaban J connectivity index is 2.16. The van der Waals surface area contributed by atoms with Gasteiger partial charge < -0.3 is 10.4 Å². The maximum Gasteiger partial charge on any atom is 0.313 e. The van der Waals surface area contributed by atoms with Crippen LogP contribution in [0.25, 0.3) is 0 Å². The summed E-state index contributed by atoms with van der Waals surface area (Å²) in [4.78, 5) is 31.6. The summed E-state index contributed by atoms with van der Waals surface area (Å²) >= 11 is 1.22. The molecule has 2 N–H and O–H groups in total. The lowest BCUT2D eigenvalue weighted by atomic mass is 10.4. The zero-order valence-corrected chi connectivity index (χ0v) is 11.3. The number of carboxylic acids is 1. The molecule has 1 rings (SSSR count). The highest BCUT2D eigenvalue weighted by Gasteiger charge is 2.09.